The van der Waals surface area contributed by atoms with Crippen molar-refractivity contribution in [2.75, 3.05) is 31.1 Å². The molecular weight excluding hydrogens is 410 g/mol. The Kier molecular flexibility index (Phi) is 6.74. The first-order valence-electron chi connectivity index (χ1n) is 11.4. The Hall–Kier alpha value is -2.94. The number of likely N-dealkylation sites (tertiary alicyclic amines) is 1. The molecule has 2 fully saturated rings. The molecule has 3 heterocycles. The molecule has 3 amide bonds. The highest BCUT2D eigenvalue weighted by molar-refractivity contribution is 6.08. The Labute approximate surface area is 187 Å². The lowest BCUT2D eigenvalue weighted by Crippen LogP contribution is -2.49. The number of aliphatic carboxylic acids is 1. The van der Waals surface area contributed by atoms with Gasteiger partial charge in [-0.05, 0) is 68.9 Å². The number of benzene rings is 1. The molecule has 0 spiro atoms. The topological polar surface area (TPSA) is 108 Å². The number of nitrogens with one attached hydrogen (secondary N) is 1. The van der Waals surface area contributed by atoms with Gasteiger partial charge in [-0.15, -0.1) is 0 Å². The number of urea groups is 1. The minimum absolute atomic E-state index is 0.250. The minimum atomic E-state index is -0.711. The summed E-state index contributed by atoms with van der Waals surface area (Å²) < 4.78 is 1.81. The average molecular weight is 442 g/mol. The number of carboxylic acid groups (broad SMARTS) is 1. The molecule has 0 unspecified atom stereocenters. The maximum atomic E-state index is 12.3. The number of carbonyl (C=O) groups excluding carboxylic acids is 2. The third-order valence-corrected chi connectivity index (χ3v) is 6.59. The summed E-state index contributed by atoms with van der Waals surface area (Å²) in [4.78, 5) is 38.3. The first kappa shape index (κ1) is 22.3. The van der Waals surface area contributed by atoms with Crippen LogP contribution in [0.5, 0.6) is 0 Å². The molecule has 2 aliphatic heterocycles. The van der Waals surface area contributed by atoms with Crippen molar-refractivity contribution < 1.29 is 19.5 Å². The molecule has 0 bridgehead atoms. The van der Waals surface area contributed by atoms with Crippen LogP contribution >= 0.6 is 0 Å². The number of hydrogen-bond acceptors (Lipinski definition) is 5. The van der Waals surface area contributed by atoms with Crippen LogP contribution in [0.1, 0.15) is 56.4 Å². The molecule has 2 N–H and O–H groups in total. The predicted octanol–water partition coefficient (Wildman–Crippen LogP) is 2.84. The Bertz CT molecular complexity index is 1010. The van der Waals surface area contributed by atoms with Crippen molar-refractivity contribution in [2.45, 2.75) is 50.9 Å². The largest absolute Gasteiger partial charge is 0.481 e. The van der Waals surface area contributed by atoms with Gasteiger partial charge in [0.05, 0.1) is 5.52 Å². The second-order valence-corrected chi connectivity index (χ2v) is 8.80. The molecule has 9 heteroatoms. The first-order valence-corrected chi connectivity index (χ1v) is 11.4. The zero-order valence-corrected chi connectivity index (χ0v) is 18.5. The molecule has 4 rings (SSSR count). The summed E-state index contributed by atoms with van der Waals surface area (Å²) in [7, 11) is 1.88. The van der Waals surface area contributed by atoms with Crippen molar-refractivity contribution in [3.63, 3.8) is 0 Å². The molecule has 172 valence electrons. The van der Waals surface area contributed by atoms with E-state index >= 15 is 0 Å². The third kappa shape index (κ3) is 4.93. The van der Waals surface area contributed by atoms with E-state index in [2.05, 4.69) is 27.4 Å². The second kappa shape index (κ2) is 9.68. The average Bonchev–Trinajstić information content (AvgIpc) is 3.09. The van der Waals surface area contributed by atoms with Crippen molar-refractivity contribution >= 4 is 34.6 Å². The van der Waals surface area contributed by atoms with Crippen LogP contribution < -0.4 is 10.2 Å². The number of unbranched alkanes of at least 4 members (excludes halogenated alkanes) is 2. The summed E-state index contributed by atoms with van der Waals surface area (Å²) in [5.74, 6) is 0.131. The molecule has 0 atom stereocenters. The maximum Gasteiger partial charge on any atom is 0.329 e. The quantitative estimate of drug-likeness (QED) is 0.610. The maximum absolute atomic E-state index is 12.3. The van der Waals surface area contributed by atoms with Gasteiger partial charge in [0.25, 0.3) is 0 Å². The van der Waals surface area contributed by atoms with Gasteiger partial charge < -0.3 is 10.0 Å². The molecule has 1 aromatic carbocycles. The third-order valence-electron chi connectivity index (χ3n) is 6.59. The van der Waals surface area contributed by atoms with Crippen LogP contribution in [0.4, 0.5) is 10.6 Å². The van der Waals surface area contributed by atoms with Crippen LogP contribution in [0.2, 0.25) is 0 Å². The summed E-state index contributed by atoms with van der Waals surface area (Å²) in [6.45, 7) is 3.49. The molecule has 0 radical (unpaired) electrons. The SMILES string of the molecule is Cn1nc(N2CCC(=O)NC2=O)c2ccc(C3CCN(CCCCCC(=O)O)CC3)cc21. The highest BCUT2D eigenvalue weighted by Gasteiger charge is 2.28. The van der Waals surface area contributed by atoms with E-state index in [-0.39, 0.29) is 18.7 Å². The number of aryl methyl sites for hydroxylation is 1. The summed E-state index contributed by atoms with van der Waals surface area (Å²) in [5.41, 5.74) is 2.29. The smallest absolute Gasteiger partial charge is 0.329 e. The van der Waals surface area contributed by atoms with Crippen molar-refractivity contribution in [1.29, 1.82) is 0 Å². The molecule has 1 aromatic heterocycles. The van der Waals surface area contributed by atoms with Crippen LogP contribution in [-0.2, 0) is 16.6 Å². The van der Waals surface area contributed by atoms with E-state index in [1.165, 1.54) is 5.56 Å². The number of carboxylic acids is 1. The Morgan fingerprint density at radius 3 is 2.66 bits per heavy atom. The van der Waals surface area contributed by atoms with Gasteiger partial charge in [-0.2, -0.15) is 5.10 Å². The van der Waals surface area contributed by atoms with Gasteiger partial charge >= 0.3 is 12.0 Å². The number of nitrogens with zero attached hydrogens (tertiary/aromatic N) is 4. The first-order chi connectivity index (χ1) is 15.4. The lowest BCUT2D eigenvalue weighted by molar-refractivity contribution is -0.137. The summed E-state index contributed by atoms with van der Waals surface area (Å²) in [6, 6.07) is 5.96. The molecule has 2 aliphatic rings. The summed E-state index contributed by atoms with van der Waals surface area (Å²) in [5, 5.41) is 16.6. The lowest BCUT2D eigenvalue weighted by Gasteiger charge is -2.32. The molecule has 2 saturated heterocycles. The van der Waals surface area contributed by atoms with Gasteiger partial charge in [0.15, 0.2) is 5.82 Å². The molecule has 2 aromatic rings. The van der Waals surface area contributed by atoms with Crippen molar-refractivity contribution in [2.24, 2.45) is 7.05 Å². The Balaban J connectivity index is 1.37. The number of anilines is 1. The van der Waals surface area contributed by atoms with Crippen LogP contribution in [-0.4, -0.2) is 63.9 Å². The number of rotatable bonds is 8. The highest BCUT2D eigenvalue weighted by Crippen LogP contribution is 2.33. The Morgan fingerprint density at radius 1 is 1.16 bits per heavy atom. The zero-order chi connectivity index (χ0) is 22.7. The van der Waals surface area contributed by atoms with Gasteiger partial charge in [-0.1, -0.05) is 12.5 Å². The van der Waals surface area contributed by atoms with Crippen LogP contribution in [0.3, 0.4) is 0 Å². The van der Waals surface area contributed by atoms with Gasteiger partial charge in [0.1, 0.15) is 0 Å². The van der Waals surface area contributed by atoms with Crippen LogP contribution in [0, 0.1) is 0 Å². The van der Waals surface area contributed by atoms with Gasteiger partial charge in [0.2, 0.25) is 5.91 Å². The minimum Gasteiger partial charge on any atom is -0.481 e. The second-order valence-electron chi connectivity index (χ2n) is 8.80. The van der Waals surface area contributed by atoms with E-state index in [0.717, 1.165) is 62.6 Å². The van der Waals surface area contributed by atoms with Crippen LogP contribution in [0.15, 0.2) is 18.2 Å². The molecule has 0 saturated carbocycles. The van der Waals surface area contributed by atoms with Crippen molar-refractivity contribution in [3.05, 3.63) is 23.8 Å². The Morgan fingerprint density at radius 2 is 1.94 bits per heavy atom. The van der Waals surface area contributed by atoms with Gasteiger partial charge in [0, 0.05) is 31.8 Å². The standard InChI is InChI=1S/C23H31N5O4/c1-26-19-15-17(16-8-12-27(13-9-16)11-4-2-3-5-21(30)31)6-7-18(19)22(25-26)28-14-10-20(29)24-23(28)32/h6-7,15-16H,2-5,8-14H2,1H3,(H,30,31)(H,24,29,32). The predicted molar refractivity (Wildman–Crippen MR) is 121 cm³/mol. The van der Waals surface area contributed by atoms with E-state index < -0.39 is 12.0 Å². The van der Waals surface area contributed by atoms with Gasteiger partial charge in [-0.3, -0.25) is 24.5 Å². The van der Waals surface area contributed by atoms with E-state index in [1.807, 2.05) is 17.8 Å². The normalized spacial score (nSPS) is 18.3. The van der Waals surface area contributed by atoms with Crippen molar-refractivity contribution in [3.8, 4) is 0 Å². The molecular formula is C23H31N5O4. The monoisotopic (exact) mass is 441 g/mol. The fraction of sp³-hybridized carbons (Fsp3) is 0.565. The number of piperidine rings is 1. The van der Waals surface area contributed by atoms with E-state index in [4.69, 9.17) is 5.11 Å². The summed E-state index contributed by atoms with van der Waals surface area (Å²) in [6.07, 6.45) is 5.52. The molecule has 32 heavy (non-hydrogen) atoms. The number of amides is 3. The fourth-order valence-corrected chi connectivity index (χ4v) is 4.75. The zero-order valence-electron chi connectivity index (χ0n) is 18.5. The van der Waals surface area contributed by atoms with Gasteiger partial charge in [-0.25, -0.2) is 4.79 Å². The van der Waals surface area contributed by atoms with E-state index in [0.29, 0.717) is 18.3 Å². The van der Waals surface area contributed by atoms with E-state index in [9.17, 15) is 14.4 Å². The number of carbonyl (C=O) groups is 3. The highest BCUT2D eigenvalue weighted by atomic mass is 16.4. The number of aromatic nitrogens is 2. The number of fused-ring (bicyclic) bond motifs is 1. The van der Waals surface area contributed by atoms with Crippen molar-refractivity contribution in [1.82, 2.24) is 20.0 Å². The summed E-state index contributed by atoms with van der Waals surface area (Å²) >= 11 is 0. The van der Waals surface area contributed by atoms with E-state index in [1.54, 1.807) is 4.90 Å². The fourth-order valence-electron chi connectivity index (χ4n) is 4.75. The number of imide groups is 1. The molecule has 9 nitrogen and oxygen atoms in total. The lowest BCUT2D eigenvalue weighted by atomic mass is 9.89. The number of hydrogen-bond donors (Lipinski definition) is 2. The molecule has 0 aliphatic carbocycles. The van der Waals surface area contributed by atoms with Crippen LogP contribution in [0.25, 0.3) is 10.9 Å².